The number of piperidine rings is 1. The van der Waals surface area contributed by atoms with E-state index in [9.17, 15) is 9.59 Å². The Labute approximate surface area is 152 Å². The van der Waals surface area contributed by atoms with E-state index in [4.69, 9.17) is 0 Å². The maximum absolute atomic E-state index is 12.9. The molecule has 4 nitrogen and oxygen atoms in total. The predicted octanol–water partition coefficient (Wildman–Crippen LogP) is 3.20. The lowest BCUT2D eigenvalue weighted by molar-refractivity contribution is -0.119. The summed E-state index contributed by atoms with van der Waals surface area (Å²) in [5.41, 5.74) is 5.02. The Morgan fingerprint density at radius 3 is 2.77 bits per heavy atom. The lowest BCUT2D eigenvalue weighted by Crippen LogP contribution is -2.46. The Morgan fingerprint density at radius 1 is 1.15 bits per heavy atom. The summed E-state index contributed by atoms with van der Waals surface area (Å²) in [4.78, 5) is 29.0. The summed E-state index contributed by atoms with van der Waals surface area (Å²) in [5.74, 6) is -0.0446. The molecule has 0 spiro atoms. The number of hydrogen-bond acceptors (Lipinski definition) is 3. The second kappa shape index (κ2) is 6.22. The van der Waals surface area contributed by atoms with Gasteiger partial charge in [0.25, 0.3) is 0 Å². The highest BCUT2D eigenvalue weighted by Gasteiger charge is 2.33. The van der Waals surface area contributed by atoms with Gasteiger partial charge in [0.05, 0.1) is 5.92 Å². The fourth-order valence-corrected chi connectivity index (χ4v) is 3.74. The van der Waals surface area contributed by atoms with Gasteiger partial charge in [-0.2, -0.15) is 0 Å². The van der Waals surface area contributed by atoms with Gasteiger partial charge in [0.2, 0.25) is 0 Å². The van der Waals surface area contributed by atoms with Gasteiger partial charge in [0.15, 0.2) is 11.2 Å². The molecule has 4 rings (SSSR count). The van der Waals surface area contributed by atoms with Crippen LogP contribution in [0.3, 0.4) is 0 Å². The van der Waals surface area contributed by atoms with E-state index in [1.54, 1.807) is 0 Å². The van der Waals surface area contributed by atoms with Crippen LogP contribution in [-0.2, 0) is 4.79 Å². The van der Waals surface area contributed by atoms with E-state index in [2.05, 4.69) is 16.4 Å². The molecule has 2 atom stereocenters. The van der Waals surface area contributed by atoms with E-state index in [-0.39, 0.29) is 23.2 Å². The summed E-state index contributed by atoms with van der Waals surface area (Å²) in [6.07, 6.45) is 7.96. The third-order valence-corrected chi connectivity index (χ3v) is 5.30. The van der Waals surface area contributed by atoms with Gasteiger partial charge in [0, 0.05) is 40.3 Å². The number of allylic oxidation sites excluding steroid dienone is 2. The number of rotatable bonds is 1. The van der Waals surface area contributed by atoms with E-state index in [0.717, 1.165) is 16.7 Å². The average Bonchev–Trinajstić information content (AvgIpc) is 2.63. The molecule has 132 valence electrons. The van der Waals surface area contributed by atoms with Gasteiger partial charge in [-0.15, -0.1) is 0 Å². The van der Waals surface area contributed by atoms with Crippen LogP contribution in [-0.4, -0.2) is 23.4 Å². The molecule has 2 aliphatic rings. The Kier molecular flexibility index (Phi) is 4.00. The molecule has 2 unspecified atom stereocenters. The first kappa shape index (κ1) is 16.7. The fourth-order valence-electron chi connectivity index (χ4n) is 3.74. The zero-order valence-corrected chi connectivity index (χ0v) is 15.2. The predicted molar refractivity (Wildman–Crippen MR) is 105 cm³/mol. The van der Waals surface area contributed by atoms with Crippen LogP contribution in [0.4, 0.5) is 0 Å². The minimum atomic E-state index is -0.171. The number of nitrogens with one attached hydrogen (secondary N) is 2. The number of hydrogen-bond donors (Lipinski definition) is 2. The highest BCUT2D eigenvalue weighted by molar-refractivity contribution is 6.04. The van der Waals surface area contributed by atoms with Gasteiger partial charge in [0.1, 0.15) is 0 Å². The van der Waals surface area contributed by atoms with Gasteiger partial charge in [-0.05, 0) is 39.0 Å². The van der Waals surface area contributed by atoms with Crippen molar-refractivity contribution in [1.82, 2.24) is 10.3 Å². The number of carbonyl (C=O) groups excluding carboxylic acids is 1. The molecule has 1 aliphatic carbocycles. The number of carbonyl (C=O) groups is 1. The molecule has 0 radical (unpaired) electrons. The number of ketones is 1. The van der Waals surface area contributed by atoms with Crippen LogP contribution in [0.5, 0.6) is 0 Å². The number of fused-ring (bicyclic) bond motifs is 2. The minimum absolute atomic E-state index is 0.0136. The molecule has 4 heteroatoms. The maximum Gasteiger partial charge on any atom is 0.192 e. The fraction of sp³-hybridized carbons (Fsp3) is 0.273. The number of Topliss-reactive ketones (excluding diaryl/α,β-unsaturated/α-hetero) is 1. The van der Waals surface area contributed by atoms with Crippen LogP contribution in [0, 0.1) is 19.8 Å². The van der Waals surface area contributed by atoms with Crippen molar-refractivity contribution in [2.24, 2.45) is 5.92 Å². The largest absolute Gasteiger partial charge is 0.355 e. The van der Waals surface area contributed by atoms with E-state index < -0.39 is 0 Å². The molecule has 2 aromatic rings. The third kappa shape index (κ3) is 2.76. The Balaban J connectivity index is 1.78. The maximum atomic E-state index is 12.9. The van der Waals surface area contributed by atoms with Gasteiger partial charge in [-0.25, -0.2) is 0 Å². The quantitative estimate of drug-likeness (QED) is 0.780. The Hall–Kier alpha value is -2.72. The monoisotopic (exact) mass is 346 g/mol. The van der Waals surface area contributed by atoms with E-state index in [0.29, 0.717) is 28.8 Å². The molecular formula is C22H22N2O2. The molecule has 1 saturated heterocycles. The first-order valence-corrected chi connectivity index (χ1v) is 8.92. The van der Waals surface area contributed by atoms with Gasteiger partial charge in [-0.1, -0.05) is 35.4 Å². The molecule has 2 heterocycles. The lowest BCUT2D eigenvalue weighted by Gasteiger charge is -2.31. The number of H-pyrrole nitrogens is 1. The Morgan fingerprint density at radius 2 is 1.96 bits per heavy atom. The molecule has 0 amide bonds. The van der Waals surface area contributed by atoms with Crippen LogP contribution in [0.15, 0.2) is 52.4 Å². The molecule has 1 fully saturated rings. The molecule has 1 aliphatic heterocycles. The second-order valence-corrected chi connectivity index (χ2v) is 7.28. The lowest BCUT2D eigenvalue weighted by atomic mass is 9.82. The second-order valence-electron chi connectivity index (χ2n) is 7.28. The summed E-state index contributed by atoms with van der Waals surface area (Å²) >= 11 is 0. The summed E-state index contributed by atoms with van der Waals surface area (Å²) < 4.78 is 0. The van der Waals surface area contributed by atoms with Crippen molar-refractivity contribution in [2.45, 2.75) is 26.8 Å². The molecule has 1 aromatic carbocycles. The topological polar surface area (TPSA) is 62.0 Å². The molecule has 1 aromatic heterocycles. The van der Waals surface area contributed by atoms with E-state index in [1.165, 1.54) is 0 Å². The normalized spacial score (nSPS) is 24.0. The highest BCUT2D eigenvalue weighted by Crippen LogP contribution is 2.26. The summed E-state index contributed by atoms with van der Waals surface area (Å²) in [6, 6.07) is 5.85. The number of pyridine rings is 1. The average molecular weight is 346 g/mol. The first-order valence-electron chi connectivity index (χ1n) is 8.92. The van der Waals surface area contributed by atoms with Gasteiger partial charge < -0.3 is 10.3 Å². The van der Waals surface area contributed by atoms with Crippen molar-refractivity contribution in [1.29, 1.82) is 0 Å². The van der Waals surface area contributed by atoms with Crippen molar-refractivity contribution in [2.75, 3.05) is 6.54 Å². The number of aryl methyl sites for hydroxylation is 1. The van der Waals surface area contributed by atoms with Crippen molar-refractivity contribution in [3.05, 3.63) is 74.6 Å². The zero-order valence-electron chi connectivity index (χ0n) is 15.2. The number of aromatic nitrogens is 1. The van der Waals surface area contributed by atoms with Crippen molar-refractivity contribution >= 4 is 22.8 Å². The SMILES string of the molecule is CC1=CC2C(=O)/C(=C/c3[nH]c4ccc(C)cc4c(=O)c3C)CNC2C=C1. The molecule has 2 N–H and O–H groups in total. The van der Waals surface area contributed by atoms with Gasteiger partial charge >= 0.3 is 0 Å². The van der Waals surface area contributed by atoms with Crippen molar-refractivity contribution in [3.63, 3.8) is 0 Å². The van der Waals surface area contributed by atoms with Gasteiger partial charge in [-0.3, -0.25) is 9.59 Å². The Bertz CT molecular complexity index is 1070. The van der Waals surface area contributed by atoms with Crippen molar-refractivity contribution < 1.29 is 4.79 Å². The molecule has 26 heavy (non-hydrogen) atoms. The van der Waals surface area contributed by atoms with Crippen molar-refractivity contribution in [3.8, 4) is 0 Å². The van der Waals surface area contributed by atoms with Crippen LogP contribution in [0.2, 0.25) is 0 Å². The summed E-state index contributed by atoms with van der Waals surface area (Å²) in [5, 5.41) is 4.10. The first-order chi connectivity index (χ1) is 12.4. The molecular weight excluding hydrogens is 324 g/mol. The van der Waals surface area contributed by atoms with Crippen LogP contribution in [0.25, 0.3) is 17.0 Å². The van der Waals surface area contributed by atoms with E-state index in [1.807, 2.05) is 57.2 Å². The summed E-state index contributed by atoms with van der Waals surface area (Å²) in [7, 11) is 0. The third-order valence-electron chi connectivity index (χ3n) is 5.30. The zero-order chi connectivity index (χ0) is 18.4. The number of benzene rings is 1. The highest BCUT2D eigenvalue weighted by atomic mass is 16.1. The number of aromatic amines is 1. The minimum Gasteiger partial charge on any atom is -0.355 e. The van der Waals surface area contributed by atoms with Crippen LogP contribution in [0.1, 0.15) is 23.7 Å². The molecule has 0 bridgehead atoms. The molecule has 0 saturated carbocycles. The standard InChI is InChI=1S/C22H22N2O2/c1-12-4-6-18-16(8-12)22(26)15(11-23-18)10-20-14(3)21(25)17-9-13(2)5-7-19(17)24-20/h4-10,16,18,23H,11H2,1-3H3,(H,24,25)/b15-10+. The summed E-state index contributed by atoms with van der Waals surface area (Å²) in [6.45, 7) is 6.29. The smallest absolute Gasteiger partial charge is 0.192 e. The van der Waals surface area contributed by atoms with Crippen LogP contribution >= 0.6 is 0 Å². The van der Waals surface area contributed by atoms with Crippen LogP contribution < -0.4 is 10.7 Å². The van der Waals surface area contributed by atoms with E-state index >= 15 is 0 Å².